The minimum atomic E-state index is -0.404. The Hall–Kier alpha value is -3.18. The van der Waals surface area contributed by atoms with E-state index in [1.807, 2.05) is 17.6 Å². The highest BCUT2D eigenvalue weighted by Gasteiger charge is 2.15. The molecule has 2 N–H and O–H groups in total. The van der Waals surface area contributed by atoms with Gasteiger partial charge in [-0.05, 0) is 66.2 Å². The number of hydrogen-bond acceptors (Lipinski definition) is 7. The predicted octanol–water partition coefficient (Wildman–Crippen LogP) is 3.90. The lowest BCUT2D eigenvalue weighted by molar-refractivity contribution is -0.113. The number of halogens is 1. The zero-order valence-electron chi connectivity index (χ0n) is 18.7. The van der Waals surface area contributed by atoms with Gasteiger partial charge in [-0.2, -0.15) is 0 Å². The van der Waals surface area contributed by atoms with Gasteiger partial charge in [-0.1, -0.05) is 23.9 Å². The second-order valence-electron chi connectivity index (χ2n) is 6.94. The lowest BCUT2D eigenvalue weighted by atomic mass is 10.2. The molecule has 0 radical (unpaired) electrons. The number of benzene rings is 2. The molecule has 9 nitrogen and oxygen atoms in total. The highest BCUT2D eigenvalue weighted by molar-refractivity contribution is 9.10. The molecule has 0 fully saturated rings. The predicted molar refractivity (Wildman–Crippen MR) is 133 cm³/mol. The number of hydrogen-bond donors (Lipinski definition) is 2. The molecule has 3 aromatic rings. The first kappa shape index (κ1) is 25.4. The molecule has 0 atom stereocenters. The number of esters is 1. The molecule has 1 aromatic heterocycles. The molecule has 0 aliphatic heterocycles. The normalized spacial score (nSPS) is 10.6. The van der Waals surface area contributed by atoms with E-state index in [1.54, 1.807) is 49.4 Å². The number of carbonyl (C=O) groups is 3. The van der Waals surface area contributed by atoms with Gasteiger partial charge in [0, 0.05) is 16.7 Å². The minimum Gasteiger partial charge on any atom is -0.462 e. The summed E-state index contributed by atoms with van der Waals surface area (Å²) in [5.74, 6) is -0.122. The molecule has 0 bridgehead atoms. The van der Waals surface area contributed by atoms with E-state index in [0.717, 1.165) is 0 Å². The molecule has 34 heavy (non-hydrogen) atoms. The van der Waals surface area contributed by atoms with Gasteiger partial charge in [-0.3, -0.25) is 9.59 Å². The maximum absolute atomic E-state index is 12.4. The summed E-state index contributed by atoms with van der Waals surface area (Å²) in [6, 6.07) is 13.7. The Bertz CT molecular complexity index is 1170. The number of thioether (sulfide) groups is 1. The summed E-state index contributed by atoms with van der Waals surface area (Å²) in [5.41, 5.74) is 1.53. The summed E-state index contributed by atoms with van der Waals surface area (Å²) in [4.78, 5) is 36.5. The quantitative estimate of drug-likeness (QED) is 0.293. The molecule has 0 spiro atoms. The van der Waals surface area contributed by atoms with E-state index in [1.165, 1.54) is 11.8 Å². The van der Waals surface area contributed by atoms with Crippen molar-refractivity contribution in [3.8, 4) is 0 Å². The number of amides is 2. The minimum absolute atomic E-state index is 0.126. The smallest absolute Gasteiger partial charge is 0.338 e. The number of nitrogens with one attached hydrogen (secondary N) is 2. The zero-order chi connectivity index (χ0) is 24.5. The van der Waals surface area contributed by atoms with Crippen LogP contribution in [0.15, 0.2) is 58.2 Å². The number of aromatic nitrogens is 3. The van der Waals surface area contributed by atoms with Crippen LogP contribution in [0.4, 0.5) is 5.69 Å². The van der Waals surface area contributed by atoms with Crippen molar-refractivity contribution in [2.75, 3.05) is 17.7 Å². The van der Waals surface area contributed by atoms with Crippen molar-refractivity contribution < 1.29 is 19.1 Å². The third kappa shape index (κ3) is 6.67. The van der Waals surface area contributed by atoms with E-state index in [2.05, 4.69) is 36.8 Å². The Labute approximate surface area is 209 Å². The Balaban J connectivity index is 1.54. The number of carbonyl (C=O) groups excluding carboxylic acids is 3. The van der Waals surface area contributed by atoms with Crippen LogP contribution < -0.4 is 10.6 Å². The third-order valence-corrected chi connectivity index (χ3v) is 6.31. The molecule has 0 unspecified atom stereocenters. The van der Waals surface area contributed by atoms with Gasteiger partial charge in [0.1, 0.15) is 0 Å². The summed E-state index contributed by atoms with van der Waals surface area (Å²) >= 11 is 4.62. The number of ether oxygens (including phenoxy) is 1. The summed E-state index contributed by atoms with van der Waals surface area (Å²) in [7, 11) is 0. The lowest BCUT2D eigenvalue weighted by Crippen LogP contribution is -2.25. The first-order valence-corrected chi connectivity index (χ1v) is 12.3. The molecular formula is C23H24BrN5O4S. The van der Waals surface area contributed by atoms with Crippen molar-refractivity contribution in [2.24, 2.45) is 0 Å². The third-order valence-electron chi connectivity index (χ3n) is 4.65. The van der Waals surface area contributed by atoms with Crippen LogP contribution in [-0.2, 0) is 22.6 Å². The first-order chi connectivity index (χ1) is 16.4. The number of anilines is 1. The highest BCUT2D eigenvalue weighted by atomic mass is 79.9. The Morgan fingerprint density at radius 2 is 1.79 bits per heavy atom. The summed E-state index contributed by atoms with van der Waals surface area (Å²) in [6.45, 7) is 4.78. The van der Waals surface area contributed by atoms with Crippen LogP contribution in [0.5, 0.6) is 0 Å². The van der Waals surface area contributed by atoms with Crippen molar-refractivity contribution >= 4 is 51.2 Å². The topological polar surface area (TPSA) is 115 Å². The monoisotopic (exact) mass is 545 g/mol. The van der Waals surface area contributed by atoms with Crippen LogP contribution in [0.2, 0.25) is 0 Å². The SMILES string of the molecule is CCOC(=O)c1ccc(NC(=O)CSc2nnc(CNC(=O)c3ccccc3Br)n2CC)cc1. The fourth-order valence-corrected chi connectivity index (χ4v) is 4.29. The van der Waals surface area contributed by atoms with Crippen LogP contribution in [0.3, 0.4) is 0 Å². The molecule has 2 amide bonds. The van der Waals surface area contributed by atoms with Crippen LogP contribution in [0, 0.1) is 0 Å². The van der Waals surface area contributed by atoms with Crippen molar-refractivity contribution in [1.29, 1.82) is 0 Å². The van der Waals surface area contributed by atoms with Gasteiger partial charge in [0.05, 0.1) is 30.0 Å². The largest absolute Gasteiger partial charge is 0.462 e. The van der Waals surface area contributed by atoms with Crippen molar-refractivity contribution in [3.05, 3.63) is 70.0 Å². The average Bonchev–Trinajstić information content (AvgIpc) is 3.24. The van der Waals surface area contributed by atoms with E-state index in [9.17, 15) is 14.4 Å². The molecule has 178 valence electrons. The van der Waals surface area contributed by atoms with E-state index < -0.39 is 5.97 Å². The maximum atomic E-state index is 12.4. The van der Waals surface area contributed by atoms with Gasteiger partial charge in [0.25, 0.3) is 5.91 Å². The Morgan fingerprint density at radius 3 is 2.47 bits per heavy atom. The second kappa shape index (κ2) is 12.3. The molecule has 0 saturated heterocycles. The summed E-state index contributed by atoms with van der Waals surface area (Å²) in [6.07, 6.45) is 0. The summed E-state index contributed by atoms with van der Waals surface area (Å²) in [5, 5.41) is 14.6. The van der Waals surface area contributed by atoms with Gasteiger partial charge in [0.2, 0.25) is 5.91 Å². The molecule has 1 heterocycles. The van der Waals surface area contributed by atoms with Gasteiger partial charge in [-0.15, -0.1) is 10.2 Å². The summed E-state index contributed by atoms with van der Waals surface area (Å²) < 4.78 is 7.51. The maximum Gasteiger partial charge on any atom is 0.338 e. The zero-order valence-corrected chi connectivity index (χ0v) is 21.1. The van der Waals surface area contributed by atoms with Crippen molar-refractivity contribution in [1.82, 2.24) is 20.1 Å². The molecule has 3 rings (SSSR count). The van der Waals surface area contributed by atoms with E-state index in [4.69, 9.17) is 4.74 Å². The number of nitrogens with zero attached hydrogens (tertiary/aromatic N) is 3. The molecular weight excluding hydrogens is 522 g/mol. The standard InChI is InChI=1S/C23H24BrN5O4S/c1-3-29-19(13-25-21(31)17-7-5-6-8-18(17)24)27-28-23(29)34-14-20(30)26-16-11-9-15(10-12-16)22(32)33-4-2/h5-12H,3-4,13-14H2,1-2H3,(H,25,31)(H,26,30). The lowest BCUT2D eigenvalue weighted by Gasteiger charge is -2.09. The Kier molecular flexibility index (Phi) is 9.23. The first-order valence-electron chi connectivity index (χ1n) is 10.6. The van der Waals surface area contributed by atoms with Crippen molar-refractivity contribution in [2.45, 2.75) is 32.1 Å². The Morgan fingerprint density at radius 1 is 1.06 bits per heavy atom. The van der Waals surface area contributed by atoms with Gasteiger partial charge < -0.3 is 19.9 Å². The molecule has 0 aliphatic carbocycles. The second-order valence-corrected chi connectivity index (χ2v) is 8.74. The molecule has 11 heteroatoms. The highest BCUT2D eigenvalue weighted by Crippen LogP contribution is 2.19. The van der Waals surface area contributed by atoms with Crippen LogP contribution in [0.1, 0.15) is 40.4 Å². The van der Waals surface area contributed by atoms with Gasteiger partial charge in [0.15, 0.2) is 11.0 Å². The molecule has 0 aliphatic rings. The van der Waals surface area contributed by atoms with Crippen LogP contribution in [-0.4, -0.2) is 44.9 Å². The van der Waals surface area contributed by atoms with Crippen molar-refractivity contribution in [3.63, 3.8) is 0 Å². The molecule has 0 saturated carbocycles. The average molecular weight is 546 g/mol. The van der Waals surface area contributed by atoms with Gasteiger partial charge >= 0.3 is 5.97 Å². The van der Waals surface area contributed by atoms with Crippen LogP contribution >= 0.6 is 27.7 Å². The van der Waals surface area contributed by atoms with E-state index in [0.29, 0.717) is 45.4 Å². The van der Waals surface area contributed by atoms with E-state index >= 15 is 0 Å². The number of rotatable bonds is 10. The van der Waals surface area contributed by atoms with Crippen LogP contribution in [0.25, 0.3) is 0 Å². The van der Waals surface area contributed by atoms with E-state index in [-0.39, 0.29) is 24.1 Å². The fraction of sp³-hybridized carbons (Fsp3) is 0.261. The molecule has 2 aromatic carbocycles. The fourth-order valence-electron chi connectivity index (χ4n) is 3.01. The van der Waals surface area contributed by atoms with Gasteiger partial charge in [-0.25, -0.2) is 4.79 Å².